The molecule has 3 N–H and O–H groups in total. The lowest BCUT2D eigenvalue weighted by Gasteiger charge is -2.13. The molecular formula is C22H16F4N6O3S. The monoisotopic (exact) mass is 520 g/mol. The third-order valence-electron chi connectivity index (χ3n) is 5.50. The highest BCUT2D eigenvalue weighted by Crippen LogP contribution is 2.34. The summed E-state index contributed by atoms with van der Waals surface area (Å²) >= 11 is 0. The normalized spacial score (nSPS) is 14.2. The van der Waals surface area contributed by atoms with Crippen molar-refractivity contribution in [2.75, 3.05) is 5.32 Å². The lowest BCUT2D eigenvalue weighted by Crippen LogP contribution is -2.17. The molecule has 0 saturated heterocycles. The molecular weight excluding hydrogens is 504 g/mol. The van der Waals surface area contributed by atoms with Crippen molar-refractivity contribution in [2.24, 2.45) is 5.73 Å². The molecule has 2 heterocycles. The molecule has 1 saturated carbocycles. The molecule has 0 atom stereocenters. The number of aromatic nitrogens is 4. The van der Waals surface area contributed by atoms with Crippen LogP contribution in [0.1, 0.15) is 29.0 Å². The summed E-state index contributed by atoms with van der Waals surface area (Å²) in [5.41, 5.74) is 4.94. The molecule has 1 fully saturated rings. The Bertz CT molecular complexity index is 1610. The van der Waals surface area contributed by atoms with Crippen LogP contribution in [0.3, 0.4) is 0 Å². The third kappa shape index (κ3) is 4.23. The smallest absolute Gasteiger partial charge is 0.366 e. The van der Waals surface area contributed by atoms with Crippen molar-refractivity contribution in [1.29, 1.82) is 0 Å². The number of imidazole rings is 1. The Labute approximate surface area is 200 Å². The van der Waals surface area contributed by atoms with E-state index in [1.165, 1.54) is 6.07 Å². The van der Waals surface area contributed by atoms with E-state index in [4.69, 9.17) is 5.73 Å². The number of hydrogen-bond donors (Lipinski definition) is 2. The molecule has 1 aliphatic carbocycles. The molecule has 0 aliphatic heterocycles. The average Bonchev–Trinajstić information content (AvgIpc) is 3.53. The number of anilines is 1. The Balaban J connectivity index is 1.67. The van der Waals surface area contributed by atoms with Gasteiger partial charge in [-0.2, -0.15) is 13.2 Å². The van der Waals surface area contributed by atoms with Gasteiger partial charge in [0, 0.05) is 6.04 Å². The molecule has 0 bridgehead atoms. The zero-order chi connectivity index (χ0) is 25.8. The van der Waals surface area contributed by atoms with Crippen molar-refractivity contribution >= 4 is 32.7 Å². The van der Waals surface area contributed by atoms with E-state index in [1.807, 2.05) is 0 Å². The molecule has 1 amide bonds. The molecule has 4 aromatic rings. The Morgan fingerprint density at radius 3 is 2.33 bits per heavy atom. The van der Waals surface area contributed by atoms with Crippen LogP contribution in [0.5, 0.6) is 0 Å². The summed E-state index contributed by atoms with van der Waals surface area (Å²) in [4.78, 5) is 23.1. The van der Waals surface area contributed by atoms with Crippen LogP contribution in [-0.4, -0.2) is 39.9 Å². The summed E-state index contributed by atoms with van der Waals surface area (Å²) in [7, 11) is -4.16. The Kier molecular flexibility index (Phi) is 5.43. The second-order valence-corrected chi connectivity index (χ2v) is 10.0. The van der Waals surface area contributed by atoms with E-state index in [9.17, 15) is 30.8 Å². The number of amides is 1. The molecule has 2 aromatic heterocycles. The topological polar surface area (TPSA) is 133 Å². The first-order valence-electron chi connectivity index (χ1n) is 10.5. The van der Waals surface area contributed by atoms with Crippen molar-refractivity contribution in [3.8, 4) is 5.69 Å². The van der Waals surface area contributed by atoms with Crippen LogP contribution in [0.2, 0.25) is 0 Å². The molecule has 0 unspecified atom stereocenters. The fourth-order valence-electron chi connectivity index (χ4n) is 3.56. The summed E-state index contributed by atoms with van der Waals surface area (Å²) in [6.45, 7) is 0. The lowest BCUT2D eigenvalue weighted by atomic mass is 10.1. The maximum atomic E-state index is 13.5. The first-order chi connectivity index (χ1) is 16.9. The van der Waals surface area contributed by atoms with Gasteiger partial charge in [-0.3, -0.25) is 9.36 Å². The van der Waals surface area contributed by atoms with Gasteiger partial charge in [-0.1, -0.05) is 0 Å². The van der Waals surface area contributed by atoms with Crippen LogP contribution in [0, 0.1) is 5.82 Å². The van der Waals surface area contributed by atoms with Crippen LogP contribution in [0.15, 0.2) is 58.6 Å². The molecule has 5 rings (SSSR count). The predicted octanol–water partition coefficient (Wildman–Crippen LogP) is 3.48. The highest BCUT2D eigenvalue weighted by molar-refractivity contribution is 7.91. The van der Waals surface area contributed by atoms with Crippen molar-refractivity contribution < 1.29 is 30.8 Å². The van der Waals surface area contributed by atoms with Crippen molar-refractivity contribution in [3.63, 3.8) is 0 Å². The molecule has 9 nitrogen and oxygen atoms in total. The van der Waals surface area contributed by atoms with Gasteiger partial charge in [0.1, 0.15) is 12.1 Å². The summed E-state index contributed by atoms with van der Waals surface area (Å²) in [5, 5.41) is 2.90. The summed E-state index contributed by atoms with van der Waals surface area (Å²) in [6, 6.07) is 7.40. The summed E-state index contributed by atoms with van der Waals surface area (Å²) < 4.78 is 80.9. The average molecular weight is 520 g/mol. The van der Waals surface area contributed by atoms with Gasteiger partial charge >= 0.3 is 6.18 Å². The standard InChI is InChI=1S/C22H16F4N6O3S/c23-11-1-5-13(6-2-11)36(34,35)14-7-8-16(15(9-14)18(27)33)32-10-28-17-19(29-12-3-4-12)30-21(22(24,25)26)31-20(17)32/h1-2,5-10,12H,3-4H2,(H2,27,33)(H,29,30,31). The predicted molar refractivity (Wildman–Crippen MR) is 119 cm³/mol. The highest BCUT2D eigenvalue weighted by atomic mass is 32.2. The SMILES string of the molecule is NC(=O)c1cc(S(=O)(=O)c2ccc(F)cc2)ccc1-n1cnc2c(NC3CC3)nc(C(F)(F)F)nc21. The zero-order valence-corrected chi connectivity index (χ0v) is 18.9. The van der Waals surface area contributed by atoms with Gasteiger partial charge in [-0.05, 0) is 55.3 Å². The van der Waals surface area contributed by atoms with E-state index in [-0.39, 0.29) is 44.1 Å². The number of nitrogens with one attached hydrogen (secondary N) is 1. The van der Waals surface area contributed by atoms with Crippen LogP contribution < -0.4 is 11.1 Å². The van der Waals surface area contributed by atoms with Gasteiger partial charge in [-0.25, -0.2) is 27.8 Å². The van der Waals surface area contributed by atoms with E-state index in [2.05, 4.69) is 20.3 Å². The summed E-state index contributed by atoms with van der Waals surface area (Å²) in [6.07, 6.45) is -2.18. The van der Waals surface area contributed by atoms with Gasteiger partial charge in [0.25, 0.3) is 5.91 Å². The van der Waals surface area contributed by atoms with Crippen molar-refractivity contribution in [3.05, 3.63) is 66.0 Å². The number of benzene rings is 2. The molecule has 186 valence electrons. The summed E-state index contributed by atoms with van der Waals surface area (Å²) in [5.74, 6) is -3.19. The number of halogens is 4. The van der Waals surface area contributed by atoms with Crippen LogP contribution in [0.25, 0.3) is 16.9 Å². The Morgan fingerprint density at radius 1 is 1.06 bits per heavy atom. The van der Waals surface area contributed by atoms with E-state index < -0.39 is 33.6 Å². The first-order valence-corrected chi connectivity index (χ1v) is 12.0. The number of nitrogens with zero attached hydrogens (tertiary/aromatic N) is 4. The van der Waals surface area contributed by atoms with Crippen LogP contribution in [0.4, 0.5) is 23.4 Å². The van der Waals surface area contributed by atoms with E-state index in [0.29, 0.717) is 0 Å². The van der Waals surface area contributed by atoms with Gasteiger partial charge < -0.3 is 11.1 Å². The number of hydrogen-bond acceptors (Lipinski definition) is 7. The Hall–Kier alpha value is -4.07. The fourth-order valence-corrected chi connectivity index (χ4v) is 4.85. The molecule has 1 aliphatic rings. The fraction of sp³-hybridized carbons (Fsp3) is 0.182. The van der Waals surface area contributed by atoms with Gasteiger partial charge in [0.15, 0.2) is 17.0 Å². The minimum atomic E-state index is -4.86. The highest BCUT2D eigenvalue weighted by Gasteiger charge is 2.37. The van der Waals surface area contributed by atoms with E-state index in [1.54, 1.807) is 0 Å². The van der Waals surface area contributed by atoms with Crippen molar-refractivity contribution in [2.45, 2.75) is 34.9 Å². The van der Waals surface area contributed by atoms with Crippen LogP contribution in [-0.2, 0) is 16.0 Å². The molecule has 0 spiro atoms. The number of alkyl halides is 3. The minimum absolute atomic E-state index is 0.0350. The number of rotatable bonds is 6. The molecule has 14 heteroatoms. The number of fused-ring (bicyclic) bond motifs is 1. The maximum absolute atomic E-state index is 13.5. The zero-order valence-electron chi connectivity index (χ0n) is 18.1. The van der Waals surface area contributed by atoms with Gasteiger partial charge in [-0.15, -0.1) is 0 Å². The maximum Gasteiger partial charge on any atom is 0.451 e. The number of carbonyl (C=O) groups excluding carboxylic acids is 1. The van der Waals surface area contributed by atoms with E-state index in [0.717, 1.165) is 60.1 Å². The molecule has 0 radical (unpaired) electrons. The van der Waals surface area contributed by atoms with Gasteiger partial charge in [0.05, 0.1) is 21.0 Å². The lowest BCUT2D eigenvalue weighted by molar-refractivity contribution is -0.144. The Morgan fingerprint density at radius 2 is 1.72 bits per heavy atom. The number of nitrogens with two attached hydrogens (primary N) is 1. The molecule has 36 heavy (non-hydrogen) atoms. The number of carbonyl (C=O) groups is 1. The largest absolute Gasteiger partial charge is 0.451 e. The quantitative estimate of drug-likeness (QED) is 0.294. The second kappa shape index (κ2) is 8.26. The third-order valence-corrected chi connectivity index (χ3v) is 7.26. The van der Waals surface area contributed by atoms with Gasteiger partial charge in [0.2, 0.25) is 15.7 Å². The van der Waals surface area contributed by atoms with Crippen molar-refractivity contribution in [1.82, 2.24) is 19.5 Å². The van der Waals surface area contributed by atoms with E-state index >= 15 is 0 Å². The number of primary amides is 1. The second-order valence-electron chi connectivity index (χ2n) is 8.10. The van der Waals surface area contributed by atoms with Crippen LogP contribution >= 0.6 is 0 Å². The molecule has 2 aromatic carbocycles. The number of sulfone groups is 1. The first kappa shape index (κ1) is 23.7. The minimum Gasteiger partial charge on any atom is -0.366 e.